The Morgan fingerprint density at radius 1 is 1.38 bits per heavy atom. The molecular formula is C15H17F3N4O2. The first-order valence-corrected chi connectivity index (χ1v) is 7.54. The lowest BCUT2D eigenvalue weighted by molar-refractivity contribution is -0.147. The van der Waals surface area contributed by atoms with Crippen LogP contribution >= 0.6 is 0 Å². The van der Waals surface area contributed by atoms with Crippen molar-refractivity contribution in [3.8, 4) is 0 Å². The van der Waals surface area contributed by atoms with Crippen molar-refractivity contribution in [3.63, 3.8) is 0 Å². The molecular weight excluding hydrogens is 325 g/mol. The summed E-state index contributed by atoms with van der Waals surface area (Å²) in [7, 11) is 0. The third-order valence-electron chi connectivity index (χ3n) is 4.08. The standard InChI is InChI=1S/C15H17F3N4O2/c16-15(17,18)14-21-10-3-1-2-4-11(10)22(14)8-13(24)20-6-9-5-19-7-12(9)23/h1-4,9,12,19,23H,5-8H2,(H,20,24). The van der Waals surface area contributed by atoms with Crippen molar-refractivity contribution in [2.45, 2.75) is 18.8 Å². The predicted molar refractivity (Wildman–Crippen MR) is 80.1 cm³/mol. The molecule has 2 heterocycles. The maximum atomic E-state index is 13.2. The summed E-state index contributed by atoms with van der Waals surface area (Å²) in [5, 5.41) is 15.2. The van der Waals surface area contributed by atoms with E-state index in [1.807, 2.05) is 0 Å². The molecule has 1 aromatic carbocycles. The van der Waals surface area contributed by atoms with Gasteiger partial charge in [0.25, 0.3) is 0 Å². The van der Waals surface area contributed by atoms with E-state index in [1.54, 1.807) is 12.1 Å². The minimum absolute atomic E-state index is 0.143. The monoisotopic (exact) mass is 342 g/mol. The van der Waals surface area contributed by atoms with E-state index in [4.69, 9.17) is 0 Å². The van der Waals surface area contributed by atoms with Crippen molar-refractivity contribution >= 4 is 16.9 Å². The fourth-order valence-corrected chi connectivity index (χ4v) is 2.82. The summed E-state index contributed by atoms with van der Waals surface area (Å²) in [5.74, 6) is -1.79. The molecule has 0 saturated carbocycles. The van der Waals surface area contributed by atoms with Crippen molar-refractivity contribution in [1.29, 1.82) is 0 Å². The molecule has 1 saturated heterocycles. The number of rotatable bonds is 4. The number of benzene rings is 1. The SMILES string of the molecule is O=C(Cn1c(C(F)(F)F)nc2ccccc21)NCC1CNCC1O. The summed E-state index contributed by atoms with van der Waals surface area (Å²) in [4.78, 5) is 15.7. The highest BCUT2D eigenvalue weighted by Gasteiger charge is 2.38. The molecule has 0 bridgehead atoms. The molecule has 130 valence electrons. The number of nitrogens with zero attached hydrogens (tertiary/aromatic N) is 2. The molecule has 3 N–H and O–H groups in total. The number of carbonyl (C=O) groups is 1. The van der Waals surface area contributed by atoms with Gasteiger partial charge in [0.1, 0.15) is 6.54 Å². The number of aliphatic hydroxyl groups excluding tert-OH is 1. The molecule has 1 amide bonds. The maximum Gasteiger partial charge on any atom is 0.449 e. The van der Waals surface area contributed by atoms with Crippen LogP contribution in [0.3, 0.4) is 0 Å². The van der Waals surface area contributed by atoms with E-state index in [0.717, 1.165) is 4.57 Å². The van der Waals surface area contributed by atoms with E-state index in [-0.39, 0.29) is 23.5 Å². The largest absolute Gasteiger partial charge is 0.449 e. The number of amides is 1. The highest BCUT2D eigenvalue weighted by Crippen LogP contribution is 2.31. The highest BCUT2D eigenvalue weighted by molar-refractivity contribution is 5.81. The molecule has 6 nitrogen and oxygen atoms in total. The Morgan fingerprint density at radius 3 is 2.79 bits per heavy atom. The predicted octanol–water partition coefficient (Wildman–Crippen LogP) is 0.752. The third kappa shape index (κ3) is 3.36. The number of imidazole rings is 1. The third-order valence-corrected chi connectivity index (χ3v) is 4.08. The number of halogens is 3. The molecule has 1 fully saturated rings. The molecule has 1 aliphatic heterocycles. The van der Waals surface area contributed by atoms with Crippen LogP contribution in [0, 0.1) is 5.92 Å². The second kappa shape index (κ2) is 6.40. The zero-order valence-corrected chi connectivity index (χ0v) is 12.7. The van der Waals surface area contributed by atoms with Gasteiger partial charge in [0.15, 0.2) is 0 Å². The number of fused-ring (bicyclic) bond motifs is 1. The summed E-state index contributed by atoms with van der Waals surface area (Å²) in [6.07, 6.45) is -5.21. The van der Waals surface area contributed by atoms with Crippen LogP contribution in [0.5, 0.6) is 0 Å². The lowest BCUT2D eigenvalue weighted by Crippen LogP contribution is -2.36. The minimum atomic E-state index is -4.65. The van der Waals surface area contributed by atoms with E-state index in [1.165, 1.54) is 12.1 Å². The number of aliphatic hydroxyl groups is 1. The second-order valence-electron chi connectivity index (χ2n) is 5.80. The summed E-state index contributed by atoms with van der Waals surface area (Å²) in [6.45, 7) is 0.737. The zero-order chi connectivity index (χ0) is 17.3. The Hall–Kier alpha value is -2.13. The Bertz CT molecular complexity index is 744. The summed E-state index contributed by atoms with van der Waals surface area (Å²) < 4.78 is 40.4. The molecule has 3 rings (SSSR count). The van der Waals surface area contributed by atoms with Gasteiger partial charge >= 0.3 is 6.18 Å². The van der Waals surface area contributed by atoms with Gasteiger partial charge in [-0.3, -0.25) is 4.79 Å². The van der Waals surface area contributed by atoms with Crippen LogP contribution in [0.25, 0.3) is 11.0 Å². The Morgan fingerprint density at radius 2 is 2.12 bits per heavy atom. The van der Waals surface area contributed by atoms with Crippen molar-refractivity contribution in [3.05, 3.63) is 30.1 Å². The van der Waals surface area contributed by atoms with Gasteiger partial charge in [-0.15, -0.1) is 0 Å². The van der Waals surface area contributed by atoms with Gasteiger partial charge in [-0.05, 0) is 12.1 Å². The first kappa shape index (κ1) is 16.7. The molecule has 0 spiro atoms. The first-order chi connectivity index (χ1) is 11.4. The van der Waals surface area contributed by atoms with Crippen LogP contribution in [0.4, 0.5) is 13.2 Å². The minimum Gasteiger partial charge on any atom is -0.391 e. The summed E-state index contributed by atoms with van der Waals surface area (Å²) >= 11 is 0. The number of alkyl halides is 3. The van der Waals surface area contributed by atoms with Crippen molar-refractivity contribution in [2.75, 3.05) is 19.6 Å². The average molecular weight is 342 g/mol. The van der Waals surface area contributed by atoms with Gasteiger partial charge in [-0.2, -0.15) is 13.2 Å². The molecule has 2 unspecified atom stereocenters. The fraction of sp³-hybridized carbons (Fsp3) is 0.467. The van der Waals surface area contributed by atoms with Gasteiger partial charge in [0.05, 0.1) is 17.1 Å². The van der Waals surface area contributed by atoms with Crippen LogP contribution in [-0.4, -0.2) is 46.3 Å². The molecule has 1 aliphatic rings. The van der Waals surface area contributed by atoms with Crippen LogP contribution in [0.2, 0.25) is 0 Å². The molecule has 2 atom stereocenters. The van der Waals surface area contributed by atoms with Crippen molar-refractivity contribution in [2.24, 2.45) is 5.92 Å². The van der Waals surface area contributed by atoms with E-state index in [2.05, 4.69) is 15.6 Å². The second-order valence-corrected chi connectivity index (χ2v) is 5.80. The van der Waals surface area contributed by atoms with Gasteiger partial charge < -0.3 is 20.3 Å². The van der Waals surface area contributed by atoms with Crippen LogP contribution in [-0.2, 0) is 17.5 Å². The smallest absolute Gasteiger partial charge is 0.391 e. The highest BCUT2D eigenvalue weighted by atomic mass is 19.4. The molecule has 1 aromatic heterocycles. The number of aromatic nitrogens is 2. The van der Waals surface area contributed by atoms with E-state index >= 15 is 0 Å². The number of carbonyl (C=O) groups excluding carboxylic acids is 1. The summed E-state index contributed by atoms with van der Waals surface area (Å²) in [5.41, 5.74) is 0.440. The molecule has 0 radical (unpaired) electrons. The molecule has 0 aliphatic carbocycles. The van der Waals surface area contributed by atoms with Crippen molar-refractivity contribution in [1.82, 2.24) is 20.2 Å². The van der Waals surface area contributed by atoms with Gasteiger partial charge in [0.2, 0.25) is 11.7 Å². The van der Waals surface area contributed by atoms with Crippen LogP contribution < -0.4 is 10.6 Å². The maximum absolute atomic E-state index is 13.2. The first-order valence-electron chi connectivity index (χ1n) is 7.54. The quantitative estimate of drug-likeness (QED) is 0.766. The van der Waals surface area contributed by atoms with Gasteiger partial charge in [-0.25, -0.2) is 4.98 Å². The number of hydrogen-bond donors (Lipinski definition) is 3. The van der Waals surface area contributed by atoms with Crippen LogP contribution in [0.15, 0.2) is 24.3 Å². The molecule has 9 heteroatoms. The van der Waals surface area contributed by atoms with E-state index < -0.39 is 30.6 Å². The van der Waals surface area contributed by atoms with E-state index in [0.29, 0.717) is 13.1 Å². The zero-order valence-electron chi connectivity index (χ0n) is 12.7. The van der Waals surface area contributed by atoms with Gasteiger partial charge in [0, 0.05) is 25.6 Å². The van der Waals surface area contributed by atoms with E-state index in [9.17, 15) is 23.1 Å². The topological polar surface area (TPSA) is 79.2 Å². The Labute approximate surface area is 135 Å². The number of β-amino-alcohol motifs (C(OH)–C–C–N with tert-alkyl or cyclic N) is 1. The lowest BCUT2D eigenvalue weighted by atomic mass is 10.1. The Kier molecular flexibility index (Phi) is 4.46. The fourth-order valence-electron chi connectivity index (χ4n) is 2.82. The normalized spacial score (nSPS) is 21.3. The number of nitrogens with one attached hydrogen (secondary N) is 2. The number of hydrogen-bond acceptors (Lipinski definition) is 4. The van der Waals surface area contributed by atoms with Gasteiger partial charge in [-0.1, -0.05) is 12.1 Å². The molecule has 24 heavy (non-hydrogen) atoms. The average Bonchev–Trinajstić information content (AvgIpc) is 3.09. The Balaban J connectivity index is 1.77. The summed E-state index contributed by atoms with van der Waals surface area (Å²) in [6, 6.07) is 6.16. The number of para-hydroxylation sites is 2. The van der Waals surface area contributed by atoms with Crippen LogP contribution in [0.1, 0.15) is 5.82 Å². The lowest BCUT2D eigenvalue weighted by Gasteiger charge is -2.15. The van der Waals surface area contributed by atoms with Crippen molar-refractivity contribution < 1.29 is 23.1 Å². The molecule has 2 aromatic rings.